The monoisotopic (exact) mass is 327 g/mol. The van der Waals surface area contributed by atoms with E-state index in [0.717, 1.165) is 0 Å². The van der Waals surface area contributed by atoms with Crippen LogP contribution in [0, 0.1) is 0 Å². The number of hydrogen-bond donors (Lipinski definition) is 5. The molecule has 5 atom stereocenters. The van der Waals surface area contributed by atoms with Crippen LogP contribution in [0.3, 0.4) is 0 Å². The van der Waals surface area contributed by atoms with Gasteiger partial charge in [-0.1, -0.05) is 18.2 Å². The molecule has 5 N–H and O–H groups in total. The molecule has 1 saturated heterocycles. The van der Waals surface area contributed by atoms with Crippen molar-refractivity contribution in [1.82, 2.24) is 5.32 Å². The summed E-state index contributed by atoms with van der Waals surface area (Å²) < 4.78 is 10.4. The van der Waals surface area contributed by atoms with Gasteiger partial charge in [-0.15, -0.1) is 0 Å². The molecule has 1 aliphatic heterocycles. The van der Waals surface area contributed by atoms with Gasteiger partial charge in [0.2, 0.25) is 0 Å². The highest BCUT2D eigenvalue weighted by Gasteiger charge is 2.43. The van der Waals surface area contributed by atoms with Crippen LogP contribution in [0.4, 0.5) is 0 Å². The van der Waals surface area contributed by atoms with Crippen LogP contribution in [-0.4, -0.2) is 63.6 Å². The number of aliphatic hydroxyl groups excluding tert-OH is 4. The van der Waals surface area contributed by atoms with Crippen molar-refractivity contribution < 1.29 is 34.7 Å². The van der Waals surface area contributed by atoms with E-state index in [1.54, 1.807) is 24.3 Å². The van der Waals surface area contributed by atoms with Crippen molar-refractivity contribution in [2.75, 3.05) is 6.61 Å². The highest BCUT2D eigenvalue weighted by molar-refractivity contribution is 5.69. The van der Waals surface area contributed by atoms with Crippen molar-refractivity contribution >= 4 is 5.97 Å². The van der Waals surface area contributed by atoms with Gasteiger partial charge in [0.1, 0.15) is 36.4 Å². The first-order valence-electron chi connectivity index (χ1n) is 7.24. The molecule has 1 aromatic carbocycles. The van der Waals surface area contributed by atoms with Crippen molar-refractivity contribution in [3.8, 4) is 5.75 Å². The second-order valence-electron chi connectivity index (χ2n) is 5.33. The molecule has 1 unspecified atom stereocenters. The summed E-state index contributed by atoms with van der Waals surface area (Å²) in [6, 6.07) is 6.84. The molecule has 0 bridgehead atoms. The van der Waals surface area contributed by atoms with Gasteiger partial charge in [-0.25, -0.2) is 0 Å². The molecule has 2 rings (SSSR count). The van der Waals surface area contributed by atoms with Gasteiger partial charge in [-0.3, -0.25) is 10.1 Å². The number of nitrogens with one attached hydrogen (secondary N) is 1. The van der Waals surface area contributed by atoms with E-state index in [9.17, 15) is 20.1 Å². The van der Waals surface area contributed by atoms with Gasteiger partial charge in [0.15, 0.2) is 0 Å². The molecule has 0 radical (unpaired) electrons. The Morgan fingerprint density at radius 2 is 1.91 bits per heavy atom. The fourth-order valence-corrected chi connectivity index (χ4v) is 2.39. The molecule has 128 valence electrons. The largest absolute Gasteiger partial charge is 0.426 e. The Bertz CT molecular complexity index is 536. The second kappa shape index (κ2) is 7.82. The summed E-state index contributed by atoms with van der Waals surface area (Å²) in [5.74, 6) is -0.0811. The average molecular weight is 327 g/mol. The van der Waals surface area contributed by atoms with Crippen LogP contribution in [0.5, 0.6) is 5.75 Å². The fourth-order valence-electron chi connectivity index (χ4n) is 2.39. The lowest BCUT2D eigenvalue weighted by atomic mass is 9.98. The highest BCUT2D eigenvalue weighted by Crippen LogP contribution is 2.22. The summed E-state index contributed by atoms with van der Waals surface area (Å²) in [6.07, 6.45) is -6.18. The Hall–Kier alpha value is -1.55. The normalized spacial score (nSPS) is 30.9. The zero-order chi connectivity index (χ0) is 17.0. The third-order valence-corrected chi connectivity index (χ3v) is 3.61. The molecule has 0 spiro atoms. The smallest absolute Gasteiger partial charge is 0.308 e. The molecule has 0 amide bonds. The van der Waals surface area contributed by atoms with Crippen molar-refractivity contribution in [2.45, 2.75) is 44.1 Å². The summed E-state index contributed by atoms with van der Waals surface area (Å²) in [5, 5.41) is 41.4. The Morgan fingerprint density at radius 3 is 2.57 bits per heavy atom. The van der Waals surface area contributed by atoms with Crippen molar-refractivity contribution in [3.05, 3.63) is 29.8 Å². The van der Waals surface area contributed by atoms with Crippen molar-refractivity contribution in [2.24, 2.45) is 0 Å². The Labute approximate surface area is 133 Å². The van der Waals surface area contributed by atoms with E-state index in [1.807, 2.05) is 0 Å². The predicted molar refractivity (Wildman–Crippen MR) is 78.4 cm³/mol. The quantitative estimate of drug-likeness (QED) is 0.326. The number of hydrogen-bond acceptors (Lipinski definition) is 8. The minimum atomic E-state index is -1.44. The zero-order valence-electron chi connectivity index (χ0n) is 12.6. The highest BCUT2D eigenvalue weighted by atomic mass is 16.6. The van der Waals surface area contributed by atoms with Gasteiger partial charge in [0.05, 0.1) is 6.61 Å². The van der Waals surface area contributed by atoms with Crippen LogP contribution in [0.2, 0.25) is 0 Å². The molecular weight excluding hydrogens is 306 g/mol. The van der Waals surface area contributed by atoms with Crippen LogP contribution < -0.4 is 10.1 Å². The number of para-hydroxylation sites is 1. The molecule has 1 aromatic rings. The summed E-state index contributed by atoms with van der Waals surface area (Å²) in [7, 11) is 0. The van der Waals surface area contributed by atoms with Gasteiger partial charge in [0, 0.05) is 19.0 Å². The van der Waals surface area contributed by atoms with Crippen LogP contribution in [0.1, 0.15) is 12.5 Å². The standard InChI is InChI=1S/C15H21NO7/c1-8(18)22-10-5-3-2-4-9(10)6-16-15-14(21)13(20)12(19)11(7-17)23-15/h2-5,11-17,19-21H,6-7H2,1H3/t11-,12-,13-,14+,15?/m1/s1. The second-order valence-corrected chi connectivity index (χ2v) is 5.33. The maximum atomic E-state index is 11.1. The molecule has 0 saturated carbocycles. The van der Waals surface area contributed by atoms with Crippen molar-refractivity contribution in [3.63, 3.8) is 0 Å². The molecule has 1 aliphatic rings. The lowest BCUT2D eigenvalue weighted by Gasteiger charge is -2.40. The molecule has 8 nitrogen and oxygen atoms in total. The number of benzene rings is 1. The third-order valence-electron chi connectivity index (χ3n) is 3.61. The number of rotatable bonds is 5. The topological polar surface area (TPSA) is 128 Å². The van der Waals surface area contributed by atoms with Crippen LogP contribution in [0.15, 0.2) is 24.3 Å². The van der Waals surface area contributed by atoms with Crippen LogP contribution >= 0.6 is 0 Å². The number of carbonyl (C=O) groups excluding carboxylic acids is 1. The molecule has 0 aliphatic carbocycles. The van der Waals surface area contributed by atoms with Gasteiger partial charge >= 0.3 is 5.97 Å². The van der Waals surface area contributed by atoms with Gasteiger partial charge in [-0.2, -0.15) is 0 Å². The van der Waals surface area contributed by atoms with E-state index in [1.165, 1.54) is 6.92 Å². The predicted octanol–water partition coefficient (Wildman–Crippen LogP) is -1.50. The van der Waals surface area contributed by atoms with Gasteiger partial charge in [0.25, 0.3) is 0 Å². The first-order valence-corrected chi connectivity index (χ1v) is 7.24. The Kier molecular flexibility index (Phi) is 6.05. The lowest BCUT2D eigenvalue weighted by molar-refractivity contribution is -0.236. The summed E-state index contributed by atoms with van der Waals surface area (Å²) >= 11 is 0. The Morgan fingerprint density at radius 1 is 1.22 bits per heavy atom. The van der Waals surface area contributed by atoms with Gasteiger partial charge < -0.3 is 29.9 Å². The van der Waals surface area contributed by atoms with E-state index in [-0.39, 0.29) is 6.54 Å². The summed E-state index contributed by atoms with van der Waals surface area (Å²) in [5.41, 5.74) is 0.652. The van der Waals surface area contributed by atoms with Gasteiger partial charge in [-0.05, 0) is 6.07 Å². The molecule has 0 aromatic heterocycles. The minimum absolute atomic E-state index is 0.187. The minimum Gasteiger partial charge on any atom is -0.426 e. The zero-order valence-corrected chi connectivity index (χ0v) is 12.6. The van der Waals surface area contributed by atoms with E-state index in [0.29, 0.717) is 11.3 Å². The molecular formula is C15H21NO7. The van der Waals surface area contributed by atoms with Crippen molar-refractivity contribution in [1.29, 1.82) is 0 Å². The summed E-state index contributed by atoms with van der Waals surface area (Å²) in [6.45, 7) is 0.987. The van der Waals surface area contributed by atoms with E-state index < -0.39 is 43.2 Å². The first kappa shape index (κ1) is 17.8. The number of carbonyl (C=O) groups is 1. The molecule has 1 heterocycles. The molecule has 23 heavy (non-hydrogen) atoms. The molecule has 1 fully saturated rings. The molecule has 8 heteroatoms. The maximum Gasteiger partial charge on any atom is 0.308 e. The summed E-state index contributed by atoms with van der Waals surface area (Å²) in [4.78, 5) is 11.1. The number of ether oxygens (including phenoxy) is 2. The third kappa shape index (κ3) is 4.25. The maximum absolute atomic E-state index is 11.1. The van der Waals surface area contributed by atoms with E-state index >= 15 is 0 Å². The van der Waals surface area contributed by atoms with E-state index in [4.69, 9.17) is 14.6 Å². The Balaban J connectivity index is 2.04. The lowest BCUT2D eigenvalue weighted by Crippen LogP contribution is -2.62. The first-order chi connectivity index (χ1) is 10.9. The van der Waals surface area contributed by atoms with Crippen LogP contribution in [0.25, 0.3) is 0 Å². The fraction of sp³-hybridized carbons (Fsp3) is 0.533. The number of aliphatic hydroxyl groups is 4. The average Bonchev–Trinajstić information content (AvgIpc) is 2.53. The SMILES string of the molecule is CC(=O)Oc1ccccc1CNC1O[C@H](CO)[C@@H](O)[C@@H](O)[C@@H]1O. The van der Waals surface area contributed by atoms with Crippen LogP contribution in [-0.2, 0) is 16.1 Å². The number of esters is 1. The van der Waals surface area contributed by atoms with E-state index in [2.05, 4.69) is 5.32 Å².